The molecule has 0 unspecified atom stereocenters. The van der Waals surface area contributed by atoms with Crippen molar-refractivity contribution in [3.8, 4) is 0 Å². The van der Waals surface area contributed by atoms with E-state index in [2.05, 4.69) is 0 Å². The molecule has 3 aliphatic rings. The van der Waals surface area contributed by atoms with Crippen LogP contribution < -0.4 is 0 Å². The molecule has 3 rings (SSSR count). The first-order chi connectivity index (χ1) is 9.36. The minimum atomic E-state index is -0.675. The molecule has 3 heterocycles. The Hall–Kier alpha value is -1.59. The van der Waals surface area contributed by atoms with Crippen LogP contribution in [-0.2, 0) is 9.59 Å². The summed E-state index contributed by atoms with van der Waals surface area (Å²) in [6.07, 6.45) is 1.87. The Morgan fingerprint density at radius 1 is 1.25 bits per heavy atom. The molecule has 4 amide bonds. The molecule has 3 saturated heterocycles. The van der Waals surface area contributed by atoms with E-state index < -0.39 is 5.54 Å². The highest BCUT2D eigenvalue weighted by atomic mass is 16.2. The van der Waals surface area contributed by atoms with E-state index in [0.29, 0.717) is 13.1 Å². The molecule has 0 aromatic carbocycles. The average molecular weight is 279 g/mol. The summed E-state index contributed by atoms with van der Waals surface area (Å²) in [5, 5.41) is 0. The Labute approximate surface area is 118 Å². The van der Waals surface area contributed by atoms with E-state index in [1.807, 2.05) is 20.8 Å². The highest BCUT2D eigenvalue weighted by molar-refractivity contribution is 6.08. The molecule has 0 saturated carbocycles. The van der Waals surface area contributed by atoms with Crippen molar-refractivity contribution in [1.82, 2.24) is 14.7 Å². The molecular weight excluding hydrogens is 258 g/mol. The molecule has 6 heteroatoms. The van der Waals surface area contributed by atoms with Crippen LogP contribution in [0.2, 0.25) is 0 Å². The van der Waals surface area contributed by atoms with Gasteiger partial charge in [0.2, 0.25) is 5.91 Å². The van der Waals surface area contributed by atoms with Crippen LogP contribution in [0.15, 0.2) is 0 Å². The van der Waals surface area contributed by atoms with Crippen molar-refractivity contribution < 1.29 is 14.4 Å². The van der Waals surface area contributed by atoms with Crippen LogP contribution in [0.3, 0.4) is 0 Å². The van der Waals surface area contributed by atoms with Crippen LogP contribution in [0.25, 0.3) is 0 Å². The number of carbonyl (C=O) groups excluding carboxylic acids is 3. The number of fused-ring (bicyclic) bond motifs is 1. The maximum absolute atomic E-state index is 12.6. The zero-order chi connectivity index (χ0) is 14.7. The second kappa shape index (κ2) is 4.20. The predicted octanol–water partition coefficient (Wildman–Crippen LogP) is 0.812. The first kappa shape index (κ1) is 13.4. The molecule has 2 atom stereocenters. The molecule has 0 radical (unpaired) electrons. The molecule has 0 N–H and O–H groups in total. The van der Waals surface area contributed by atoms with Crippen LogP contribution in [0, 0.1) is 0 Å². The van der Waals surface area contributed by atoms with Crippen molar-refractivity contribution in [3.05, 3.63) is 0 Å². The number of carbonyl (C=O) groups is 3. The van der Waals surface area contributed by atoms with Gasteiger partial charge in [-0.2, -0.15) is 0 Å². The summed E-state index contributed by atoms with van der Waals surface area (Å²) >= 11 is 0. The summed E-state index contributed by atoms with van der Waals surface area (Å²) in [7, 11) is 0. The van der Waals surface area contributed by atoms with Gasteiger partial charge in [-0.15, -0.1) is 0 Å². The number of nitrogens with zero attached hydrogens (tertiary/aromatic N) is 3. The Kier molecular flexibility index (Phi) is 2.81. The van der Waals surface area contributed by atoms with E-state index in [0.717, 1.165) is 12.8 Å². The highest BCUT2D eigenvalue weighted by Crippen LogP contribution is 2.39. The van der Waals surface area contributed by atoms with Crippen LogP contribution >= 0.6 is 0 Å². The fourth-order valence-electron chi connectivity index (χ4n) is 3.67. The van der Waals surface area contributed by atoms with Crippen molar-refractivity contribution in [2.75, 3.05) is 13.1 Å². The number of rotatable bonds is 2. The lowest BCUT2D eigenvalue weighted by Gasteiger charge is -2.25. The summed E-state index contributed by atoms with van der Waals surface area (Å²) in [4.78, 5) is 41.9. The Balaban J connectivity index is 1.84. The van der Waals surface area contributed by atoms with Crippen LogP contribution in [0.1, 0.15) is 40.0 Å². The van der Waals surface area contributed by atoms with Gasteiger partial charge in [-0.3, -0.25) is 14.5 Å². The van der Waals surface area contributed by atoms with Crippen molar-refractivity contribution in [2.24, 2.45) is 0 Å². The third-order valence-corrected chi connectivity index (χ3v) is 4.88. The normalized spacial score (nSPS) is 33.9. The maximum Gasteiger partial charge on any atom is 0.328 e. The largest absolute Gasteiger partial charge is 0.338 e. The summed E-state index contributed by atoms with van der Waals surface area (Å²) in [5.74, 6) is -0.0915. The van der Waals surface area contributed by atoms with Gasteiger partial charge in [-0.25, -0.2) is 4.79 Å². The van der Waals surface area contributed by atoms with Gasteiger partial charge < -0.3 is 9.80 Å². The lowest BCUT2D eigenvalue weighted by molar-refractivity contribution is -0.133. The minimum Gasteiger partial charge on any atom is -0.338 e. The molecule has 0 bridgehead atoms. The van der Waals surface area contributed by atoms with Gasteiger partial charge in [0.05, 0.1) is 6.04 Å². The number of hydrogen-bond donors (Lipinski definition) is 0. The Morgan fingerprint density at radius 2 is 1.95 bits per heavy atom. The van der Waals surface area contributed by atoms with E-state index >= 15 is 0 Å². The zero-order valence-electron chi connectivity index (χ0n) is 12.3. The first-order valence-electron chi connectivity index (χ1n) is 7.31. The van der Waals surface area contributed by atoms with Crippen molar-refractivity contribution in [1.29, 1.82) is 0 Å². The molecule has 110 valence electrons. The number of hydrogen-bond acceptors (Lipinski definition) is 3. The van der Waals surface area contributed by atoms with E-state index in [1.54, 1.807) is 9.80 Å². The molecule has 3 fully saturated rings. The summed E-state index contributed by atoms with van der Waals surface area (Å²) in [6, 6.07) is -0.401. The predicted molar refractivity (Wildman–Crippen MR) is 71.8 cm³/mol. The van der Waals surface area contributed by atoms with Crippen LogP contribution in [0.4, 0.5) is 4.79 Å². The van der Waals surface area contributed by atoms with E-state index in [1.165, 1.54) is 4.90 Å². The molecule has 0 aliphatic carbocycles. The number of imide groups is 1. The summed E-state index contributed by atoms with van der Waals surface area (Å²) < 4.78 is 0. The number of likely N-dealkylation sites (tertiary alicyclic amines) is 1. The topological polar surface area (TPSA) is 60.9 Å². The minimum absolute atomic E-state index is 0.0304. The fraction of sp³-hybridized carbons (Fsp3) is 0.786. The molecular formula is C14H21N3O3. The molecule has 0 aromatic rings. The number of amides is 4. The average Bonchev–Trinajstić information content (AvgIpc) is 2.97. The molecule has 6 nitrogen and oxygen atoms in total. The van der Waals surface area contributed by atoms with Crippen LogP contribution in [0.5, 0.6) is 0 Å². The lowest BCUT2D eigenvalue weighted by atomic mass is 9.99. The third kappa shape index (κ3) is 1.60. The second-order valence-corrected chi connectivity index (χ2v) is 6.48. The maximum atomic E-state index is 12.6. The van der Waals surface area contributed by atoms with Gasteiger partial charge in [-0.1, -0.05) is 0 Å². The van der Waals surface area contributed by atoms with Gasteiger partial charge in [0.25, 0.3) is 5.91 Å². The van der Waals surface area contributed by atoms with Gasteiger partial charge >= 0.3 is 6.03 Å². The molecule has 0 spiro atoms. The van der Waals surface area contributed by atoms with E-state index in [9.17, 15) is 14.4 Å². The lowest BCUT2D eigenvalue weighted by Crippen LogP contribution is -2.45. The zero-order valence-corrected chi connectivity index (χ0v) is 12.3. The monoisotopic (exact) mass is 279 g/mol. The first-order valence-corrected chi connectivity index (χ1v) is 7.31. The third-order valence-electron chi connectivity index (χ3n) is 4.88. The highest BCUT2D eigenvalue weighted by Gasteiger charge is 2.59. The quantitative estimate of drug-likeness (QED) is 0.703. The van der Waals surface area contributed by atoms with Crippen LogP contribution in [-0.4, -0.2) is 63.3 Å². The summed E-state index contributed by atoms with van der Waals surface area (Å²) in [5.41, 5.74) is -0.675. The SMILES string of the molecule is CC(C)N1C[C@@H](N2C(=O)N3CCC[C@@]3(C)C2=O)CC1=O. The molecule has 0 aromatic heterocycles. The summed E-state index contributed by atoms with van der Waals surface area (Å²) in [6.45, 7) is 6.86. The van der Waals surface area contributed by atoms with Gasteiger partial charge in [0.15, 0.2) is 0 Å². The standard InChI is InChI=1S/C14H21N3O3/c1-9(2)15-8-10(7-11(15)18)17-12(19)14(3)5-4-6-16(14)13(17)20/h9-10H,4-8H2,1-3H3/t10-,14-/m0/s1. The van der Waals surface area contributed by atoms with E-state index in [-0.39, 0.29) is 36.3 Å². The van der Waals surface area contributed by atoms with Crippen molar-refractivity contribution in [2.45, 2.75) is 57.7 Å². The van der Waals surface area contributed by atoms with Gasteiger partial charge in [0, 0.05) is 25.6 Å². The molecule has 20 heavy (non-hydrogen) atoms. The van der Waals surface area contributed by atoms with Gasteiger partial charge in [0.1, 0.15) is 5.54 Å². The number of urea groups is 1. The molecule has 3 aliphatic heterocycles. The second-order valence-electron chi connectivity index (χ2n) is 6.48. The van der Waals surface area contributed by atoms with E-state index in [4.69, 9.17) is 0 Å². The van der Waals surface area contributed by atoms with Gasteiger partial charge in [-0.05, 0) is 33.6 Å². The van der Waals surface area contributed by atoms with Crippen molar-refractivity contribution >= 4 is 17.8 Å². The smallest absolute Gasteiger partial charge is 0.328 e. The fourth-order valence-corrected chi connectivity index (χ4v) is 3.67. The van der Waals surface area contributed by atoms with Crippen molar-refractivity contribution in [3.63, 3.8) is 0 Å². The Bertz CT molecular complexity index is 490. The Morgan fingerprint density at radius 3 is 2.50 bits per heavy atom.